The van der Waals surface area contributed by atoms with E-state index in [4.69, 9.17) is 5.73 Å². The Kier molecular flexibility index (Phi) is 4.08. The van der Waals surface area contributed by atoms with Crippen LogP contribution in [-0.2, 0) is 0 Å². The molecule has 0 radical (unpaired) electrons. The van der Waals surface area contributed by atoms with E-state index in [2.05, 4.69) is 28.5 Å². The predicted molar refractivity (Wildman–Crippen MR) is 86.9 cm³/mol. The molecule has 0 fully saturated rings. The number of para-hydroxylation sites is 1. The molecule has 0 bridgehead atoms. The number of nitrogens with one attached hydrogen (secondary N) is 1. The Balaban J connectivity index is 2.32. The van der Waals surface area contributed by atoms with Gasteiger partial charge >= 0.3 is 0 Å². The second kappa shape index (κ2) is 5.78. The van der Waals surface area contributed by atoms with Crippen LogP contribution in [0.1, 0.15) is 20.8 Å². The minimum absolute atomic E-state index is 0.196. The van der Waals surface area contributed by atoms with E-state index in [-0.39, 0.29) is 5.54 Å². The molecule has 2 rings (SSSR count). The lowest BCUT2D eigenvalue weighted by atomic mass is 10.0. The average molecular weight is 267 g/mol. The van der Waals surface area contributed by atoms with Crippen LogP contribution in [0.3, 0.4) is 0 Å². The number of aliphatic imine (C=N–C) groups is 1. The number of guanidine groups is 1. The van der Waals surface area contributed by atoms with Gasteiger partial charge in [-0.2, -0.15) is 0 Å². The quantitative estimate of drug-likeness (QED) is 0.641. The first-order chi connectivity index (χ1) is 9.46. The van der Waals surface area contributed by atoms with Crippen LogP contribution in [0.5, 0.6) is 0 Å². The van der Waals surface area contributed by atoms with E-state index in [0.717, 1.165) is 16.8 Å². The maximum atomic E-state index is 5.98. The van der Waals surface area contributed by atoms with Gasteiger partial charge in [0.15, 0.2) is 5.96 Å². The second-order valence-corrected chi connectivity index (χ2v) is 5.70. The lowest BCUT2D eigenvalue weighted by Gasteiger charge is -2.16. The van der Waals surface area contributed by atoms with Gasteiger partial charge in [-0.1, -0.05) is 48.5 Å². The molecule has 0 amide bonds. The molecule has 3 heteroatoms. The van der Waals surface area contributed by atoms with Crippen LogP contribution in [0.2, 0.25) is 0 Å². The molecule has 0 heterocycles. The highest BCUT2D eigenvalue weighted by Crippen LogP contribution is 2.27. The number of benzene rings is 2. The van der Waals surface area contributed by atoms with E-state index < -0.39 is 0 Å². The van der Waals surface area contributed by atoms with Crippen molar-refractivity contribution in [3.05, 3.63) is 54.6 Å². The SMILES string of the molecule is CC(C)(C)N=C(N)Nc1ccccc1-c1ccccc1. The van der Waals surface area contributed by atoms with Gasteiger partial charge in [-0.3, -0.25) is 0 Å². The van der Waals surface area contributed by atoms with Crippen LogP contribution in [0.4, 0.5) is 5.69 Å². The summed E-state index contributed by atoms with van der Waals surface area (Å²) in [6, 6.07) is 18.3. The Hall–Kier alpha value is -2.29. The highest BCUT2D eigenvalue weighted by molar-refractivity contribution is 5.96. The molecular formula is C17H21N3. The molecule has 2 aromatic carbocycles. The largest absolute Gasteiger partial charge is 0.370 e. The molecule has 0 unspecified atom stereocenters. The number of nitrogens with two attached hydrogens (primary N) is 1. The molecule has 0 spiro atoms. The number of nitrogens with zero attached hydrogens (tertiary/aromatic N) is 1. The summed E-state index contributed by atoms with van der Waals surface area (Å²) >= 11 is 0. The summed E-state index contributed by atoms with van der Waals surface area (Å²) in [5.74, 6) is 0.431. The molecule has 0 atom stereocenters. The summed E-state index contributed by atoms with van der Waals surface area (Å²) in [5.41, 5.74) is 9.01. The van der Waals surface area contributed by atoms with Crippen molar-refractivity contribution in [2.45, 2.75) is 26.3 Å². The van der Waals surface area contributed by atoms with Gasteiger partial charge in [-0.15, -0.1) is 0 Å². The standard InChI is InChI=1S/C17H21N3/c1-17(2,3)20-16(18)19-15-12-8-7-11-14(15)13-9-5-4-6-10-13/h4-12H,1-3H3,(H3,18,19,20). The molecule has 104 valence electrons. The summed E-state index contributed by atoms with van der Waals surface area (Å²) in [7, 11) is 0. The predicted octanol–water partition coefficient (Wildman–Crippen LogP) is 3.88. The third-order valence-corrected chi connectivity index (χ3v) is 2.73. The highest BCUT2D eigenvalue weighted by Gasteiger charge is 2.10. The normalized spacial score (nSPS) is 12.2. The highest BCUT2D eigenvalue weighted by atomic mass is 15.1. The van der Waals surface area contributed by atoms with Crippen LogP contribution >= 0.6 is 0 Å². The summed E-state index contributed by atoms with van der Waals surface area (Å²) in [5, 5.41) is 3.19. The number of rotatable bonds is 2. The zero-order chi connectivity index (χ0) is 14.6. The topological polar surface area (TPSA) is 50.4 Å². The number of hydrogen-bond donors (Lipinski definition) is 2. The van der Waals surface area contributed by atoms with Crippen LogP contribution in [0, 0.1) is 0 Å². The molecule has 0 saturated carbocycles. The second-order valence-electron chi connectivity index (χ2n) is 5.70. The fraction of sp³-hybridized carbons (Fsp3) is 0.235. The first kappa shape index (κ1) is 14.1. The molecule has 0 aliphatic carbocycles. The van der Waals surface area contributed by atoms with Crippen molar-refractivity contribution in [1.82, 2.24) is 0 Å². The van der Waals surface area contributed by atoms with Gasteiger partial charge < -0.3 is 11.1 Å². The van der Waals surface area contributed by atoms with Gasteiger partial charge in [-0.25, -0.2) is 4.99 Å². The van der Waals surface area contributed by atoms with E-state index in [1.54, 1.807) is 0 Å². The van der Waals surface area contributed by atoms with Crippen molar-refractivity contribution in [2.24, 2.45) is 10.7 Å². The van der Waals surface area contributed by atoms with Gasteiger partial charge in [0.05, 0.1) is 5.54 Å². The van der Waals surface area contributed by atoms with E-state index in [0.29, 0.717) is 5.96 Å². The number of anilines is 1. The molecule has 2 aromatic rings. The van der Waals surface area contributed by atoms with Crippen LogP contribution in [-0.4, -0.2) is 11.5 Å². The lowest BCUT2D eigenvalue weighted by Crippen LogP contribution is -2.27. The Morgan fingerprint density at radius 2 is 1.55 bits per heavy atom. The van der Waals surface area contributed by atoms with Crippen molar-refractivity contribution < 1.29 is 0 Å². The molecule has 0 aromatic heterocycles. The molecule has 3 nitrogen and oxygen atoms in total. The third kappa shape index (κ3) is 3.85. The lowest BCUT2D eigenvalue weighted by molar-refractivity contribution is 0.583. The van der Waals surface area contributed by atoms with E-state index in [9.17, 15) is 0 Å². The van der Waals surface area contributed by atoms with Crippen molar-refractivity contribution in [1.29, 1.82) is 0 Å². The summed E-state index contributed by atoms with van der Waals surface area (Å²) in [6.07, 6.45) is 0. The van der Waals surface area contributed by atoms with E-state index >= 15 is 0 Å². The maximum absolute atomic E-state index is 5.98. The van der Waals surface area contributed by atoms with Gasteiger partial charge in [-0.05, 0) is 32.4 Å². The first-order valence-corrected chi connectivity index (χ1v) is 6.72. The van der Waals surface area contributed by atoms with Gasteiger partial charge in [0.25, 0.3) is 0 Å². The van der Waals surface area contributed by atoms with E-state index in [1.807, 2.05) is 57.2 Å². The summed E-state index contributed by atoms with van der Waals surface area (Å²) in [4.78, 5) is 4.42. The molecule has 0 aliphatic rings. The van der Waals surface area contributed by atoms with E-state index in [1.165, 1.54) is 0 Å². The van der Waals surface area contributed by atoms with Crippen molar-refractivity contribution in [3.8, 4) is 11.1 Å². The molecule has 20 heavy (non-hydrogen) atoms. The molecular weight excluding hydrogens is 246 g/mol. The summed E-state index contributed by atoms with van der Waals surface area (Å²) in [6.45, 7) is 6.06. The Labute approximate surface area is 120 Å². The fourth-order valence-corrected chi connectivity index (χ4v) is 1.99. The zero-order valence-electron chi connectivity index (χ0n) is 12.2. The average Bonchev–Trinajstić information content (AvgIpc) is 2.38. The molecule has 0 aliphatic heterocycles. The maximum Gasteiger partial charge on any atom is 0.193 e. The Morgan fingerprint density at radius 1 is 0.950 bits per heavy atom. The van der Waals surface area contributed by atoms with Crippen molar-refractivity contribution in [3.63, 3.8) is 0 Å². The minimum atomic E-state index is -0.196. The van der Waals surface area contributed by atoms with Crippen LogP contribution in [0.15, 0.2) is 59.6 Å². The van der Waals surface area contributed by atoms with Crippen LogP contribution in [0.25, 0.3) is 11.1 Å². The van der Waals surface area contributed by atoms with Crippen molar-refractivity contribution in [2.75, 3.05) is 5.32 Å². The van der Waals surface area contributed by atoms with Gasteiger partial charge in [0, 0.05) is 11.3 Å². The Morgan fingerprint density at radius 3 is 2.20 bits per heavy atom. The smallest absolute Gasteiger partial charge is 0.193 e. The first-order valence-electron chi connectivity index (χ1n) is 6.72. The minimum Gasteiger partial charge on any atom is -0.370 e. The van der Waals surface area contributed by atoms with Gasteiger partial charge in [0.1, 0.15) is 0 Å². The number of hydrogen-bond acceptors (Lipinski definition) is 1. The summed E-state index contributed by atoms with van der Waals surface area (Å²) < 4.78 is 0. The molecule has 3 N–H and O–H groups in total. The van der Waals surface area contributed by atoms with Crippen molar-refractivity contribution >= 4 is 11.6 Å². The fourth-order valence-electron chi connectivity index (χ4n) is 1.99. The van der Waals surface area contributed by atoms with Crippen LogP contribution < -0.4 is 11.1 Å². The zero-order valence-corrected chi connectivity index (χ0v) is 12.2. The monoisotopic (exact) mass is 267 g/mol. The third-order valence-electron chi connectivity index (χ3n) is 2.73. The Bertz CT molecular complexity index is 595. The molecule has 0 saturated heterocycles. The van der Waals surface area contributed by atoms with Gasteiger partial charge in [0.2, 0.25) is 0 Å².